The third kappa shape index (κ3) is 3.51. The van der Waals surface area contributed by atoms with Gasteiger partial charge < -0.3 is 4.42 Å². The quantitative estimate of drug-likeness (QED) is 0.330. The Kier molecular flexibility index (Phi) is 4.93. The van der Waals surface area contributed by atoms with E-state index in [1.165, 1.54) is 0 Å². The molecule has 0 aliphatic heterocycles. The monoisotopic (exact) mass is 423 g/mol. The van der Waals surface area contributed by atoms with Gasteiger partial charge in [0.05, 0.1) is 5.69 Å². The number of aromatic nitrogens is 5. The second-order valence-corrected chi connectivity index (χ2v) is 8.70. The summed E-state index contributed by atoms with van der Waals surface area (Å²) in [6, 6.07) is 14.1. The van der Waals surface area contributed by atoms with Crippen molar-refractivity contribution >= 4 is 22.1 Å². The molecule has 0 fully saturated rings. The van der Waals surface area contributed by atoms with Crippen LogP contribution < -0.4 is 0 Å². The lowest BCUT2D eigenvalue weighted by Gasteiger charge is -2.12. The SMILES string of the molecule is Cc1ccc2c(n1)oc1c(-c3cc(-c4nc(C(C)C)nc(C(C)C)n4)ccn3)cccc12. The van der Waals surface area contributed by atoms with Crippen LogP contribution in [0.5, 0.6) is 0 Å². The predicted octanol–water partition coefficient (Wildman–Crippen LogP) is 6.45. The van der Waals surface area contributed by atoms with Crippen molar-refractivity contribution in [2.75, 3.05) is 0 Å². The molecule has 0 saturated heterocycles. The maximum Gasteiger partial charge on any atom is 0.227 e. The molecule has 0 amide bonds. The number of hydrogen-bond donors (Lipinski definition) is 0. The highest BCUT2D eigenvalue weighted by Gasteiger charge is 2.17. The van der Waals surface area contributed by atoms with Gasteiger partial charge in [0.15, 0.2) is 5.82 Å². The Morgan fingerprint density at radius 2 is 1.53 bits per heavy atom. The third-order valence-corrected chi connectivity index (χ3v) is 5.50. The van der Waals surface area contributed by atoms with Crippen LogP contribution >= 0.6 is 0 Å². The van der Waals surface area contributed by atoms with Gasteiger partial charge in [-0.25, -0.2) is 19.9 Å². The summed E-state index contributed by atoms with van der Waals surface area (Å²) >= 11 is 0. The largest absolute Gasteiger partial charge is 0.437 e. The van der Waals surface area contributed by atoms with Crippen molar-refractivity contribution in [3.8, 4) is 22.6 Å². The van der Waals surface area contributed by atoms with Gasteiger partial charge in [-0.15, -0.1) is 0 Å². The predicted molar refractivity (Wildman–Crippen MR) is 126 cm³/mol. The summed E-state index contributed by atoms with van der Waals surface area (Å²) in [7, 11) is 0. The first-order valence-corrected chi connectivity index (χ1v) is 10.9. The molecule has 0 N–H and O–H groups in total. The number of rotatable bonds is 4. The molecule has 4 aromatic heterocycles. The standard InChI is InChI=1S/C26H25N5O/c1-14(2)23-29-24(15(3)4)31-25(30-23)17-11-12-27-21(13-17)20-8-6-7-18-19-10-9-16(5)28-26(19)32-22(18)20/h6-15H,1-5H3. The summed E-state index contributed by atoms with van der Waals surface area (Å²) < 4.78 is 6.17. The minimum Gasteiger partial charge on any atom is -0.437 e. The Balaban J connectivity index is 1.67. The fraction of sp³-hybridized carbons (Fsp3) is 0.269. The lowest BCUT2D eigenvalue weighted by Crippen LogP contribution is -2.08. The maximum absolute atomic E-state index is 6.17. The van der Waals surface area contributed by atoms with E-state index >= 15 is 0 Å². The van der Waals surface area contributed by atoms with Crippen molar-refractivity contribution in [2.45, 2.75) is 46.5 Å². The summed E-state index contributed by atoms with van der Waals surface area (Å²) in [5.74, 6) is 2.72. The smallest absolute Gasteiger partial charge is 0.227 e. The second-order valence-electron chi connectivity index (χ2n) is 8.70. The Morgan fingerprint density at radius 3 is 2.25 bits per heavy atom. The van der Waals surface area contributed by atoms with E-state index in [2.05, 4.69) is 54.8 Å². The first-order chi connectivity index (χ1) is 15.4. The minimum atomic E-state index is 0.218. The molecule has 0 radical (unpaired) electrons. The highest BCUT2D eigenvalue weighted by Crippen LogP contribution is 2.35. The molecule has 6 heteroatoms. The van der Waals surface area contributed by atoms with Gasteiger partial charge >= 0.3 is 0 Å². The highest BCUT2D eigenvalue weighted by molar-refractivity contribution is 6.08. The van der Waals surface area contributed by atoms with Crippen LogP contribution in [0.15, 0.2) is 53.1 Å². The van der Waals surface area contributed by atoms with Crippen molar-refractivity contribution in [2.24, 2.45) is 0 Å². The van der Waals surface area contributed by atoms with Gasteiger partial charge in [0.25, 0.3) is 0 Å². The molecular weight excluding hydrogens is 398 g/mol. The molecule has 5 rings (SSSR count). The zero-order chi connectivity index (χ0) is 22.4. The summed E-state index contributed by atoms with van der Waals surface area (Å²) in [5, 5.41) is 2.03. The van der Waals surface area contributed by atoms with Gasteiger partial charge in [-0.3, -0.25) is 4.98 Å². The lowest BCUT2D eigenvalue weighted by molar-refractivity contribution is 0.653. The van der Waals surface area contributed by atoms with Crippen molar-refractivity contribution < 1.29 is 4.42 Å². The van der Waals surface area contributed by atoms with E-state index in [4.69, 9.17) is 14.4 Å². The Hall–Kier alpha value is -3.67. The number of aryl methyl sites for hydroxylation is 1. The zero-order valence-electron chi connectivity index (χ0n) is 18.9. The fourth-order valence-electron chi connectivity index (χ4n) is 3.74. The van der Waals surface area contributed by atoms with Crippen LogP contribution in [0, 0.1) is 6.92 Å². The van der Waals surface area contributed by atoms with Gasteiger partial charge in [-0.2, -0.15) is 0 Å². The Morgan fingerprint density at radius 1 is 0.781 bits per heavy atom. The lowest BCUT2D eigenvalue weighted by atomic mass is 10.0. The third-order valence-electron chi connectivity index (χ3n) is 5.50. The molecule has 0 unspecified atom stereocenters. The molecule has 0 atom stereocenters. The Labute approximate surface area is 186 Å². The summed E-state index contributed by atoms with van der Waals surface area (Å²) in [6.07, 6.45) is 1.79. The summed E-state index contributed by atoms with van der Waals surface area (Å²) in [5.41, 5.74) is 4.98. The molecule has 32 heavy (non-hydrogen) atoms. The molecular formula is C26H25N5O. The van der Waals surface area contributed by atoms with Crippen LogP contribution in [-0.4, -0.2) is 24.9 Å². The van der Waals surface area contributed by atoms with E-state index in [1.54, 1.807) is 6.20 Å². The minimum absolute atomic E-state index is 0.218. The van der Waals surface area contributed by atoms with Crippen LogP contribution in [-0.2, 0) is 0 Å². The molecule has 0 aliphatic carbocycles. The fourth-order valence-corrected chi connectivity index (χ4v) is 3.74. The van der Waals surface area contributed by atoms with E-state index < -0.39 is 0 Å². The molecule has 6 nitrogen and oxygen atoms in total. The van der Waals surface area contributed by atoms with E-state index in [0.29, 0.717) is 11.5 Å². The van der Waals surface area contributed by atoms with E-state index in [1.807, 2.05) is 37.3 Å². The average Bonchev–Trinajstić information content (AvgIpc) is 3.16. The van der Waals surface area contributed by atoms with Gasteiger partial charge in [-0.1, -0.05) is 39.8 Å². The van der Waals surface area contributed by atoms with Crippen LogP contribution in [0.25, 0.3) is 44.7 Å². The molecule has 5 aromatic rings. The number of furan rings is 1. The van der Waals surface area contributed by atoms with Gasteiger partial charge in [-0.05, 0) is 37.3 Å². The first-order valence-electron chi connectivity index (χ1n) is 10.9. The van der Waals surface area contributed by atoms with E-state index in [-0.39, 0.29) is 11.8 Å². The molecule has 1 aromatic carbocycles. The van der Waals surface area contributed by atoms with Crippen molar-refractivity contribution in [3.63, 3.8) is 0 Å². The van der Waals surface area contributed by atoms with E-state index in [9.17, 15) is 0 Å². The normalized spacial score (nSPS) is 11.8. The number of pyridine rings is 2. The molecule has 0 saturated carbocycles. The summed E-state index contributed by atoms with van der Waals surface area (Å²) in [4.78, 5) is 23.3. The van der Waals surface area contributed by atoms with Crippen LogP contribution in [0.4, 0.5) is 0 Å². The van der Waals surface area contributed by atoms with Crippen molar-refractivity contribution in [1.82, 2.24) is 24.9 Å². The van der Waals surface area contributed by atoms with Crippen LogP contribution in [0.3, 0.4) is 0 Å². The molecule has 4 heterocycles. The first kappa shape index (κ1) is 20.2. The van der Waals surface area contributed by atoms with Crippen LogP contribution in [0.1, 0.15) is 56.9 Å². The van der Waals surface area contributed by atoms with Gasteiger partial charge in [0.2, 0.25) is 5.71 Å². The molecule has 0 spiro atoms. The number of nitrogens with zero attached hydrogens (tertiary/aromatic N) is 5. The van der Waals surface area contributed by atoms with Crippen molar-refractivity contribution in [1.29, 1.82) is 0 Å². The number of fused-ring (bicyclic) bond motifs is 3. The Bertz CT molecular complexity index is 1430. The number of hydrogen-bond acceptors (Lipinski definition) is 6. The molecule has 160 valence electrons. The van der Waals surface area contributed by atoms with Gasteiger partial charge in [0, 0.05) is 45.6 Å². The number of benzene rings is 1. The molecule has 0 aliphatic rings. The number of para-hydroxylation sites is 1. The summed E-state index contributed by atoms with van der Waals surface area (Å²) in [6.45, 7) is 10.3. The van der Waals surface area contributed by atoms with Crippen molar-refractivity contribution in [3.05, 3.63) is 66.0 Å². The van der Waals surface area contributed by atoms with Gasteiger partial charge in [0.1, 0.15) is 17.2 Å². The average molecular weight is 424 g/mol. The highest BCUT2D eigenvalue weighted by atomic mass is 16.3. The maximum atomic E-state index is 6.17. The topological polar surface area (TPSA) is 77.6 Å². The zero-order valence-corrected chi connectivity index (χ0v) is 18.9. The van der Waals surface area contributed by atoms with Crippen LogP contribution in [0.2, 0.25) is 0 Å². The molecule has 0 bridgehead atoms. The van der Waals surface area contributed by atoms with E-state index in [0.717, 1.165) is 50.5 Å². The second kappa shape index (κ2) is 7.79.